The molecule has 1 aromatic carbocycles. The minimum atomic E-state index is -0.130. The van der Waals surface area contributed by atoms with Crippen molar-refractivity contribution in [3.8, 4) is 0 Å². The van der Waals surface area contributed by atoms with Crippen molar-refractivity contribution in [3.63, 3.8) is 0 Å². The van der Waals surface area contributed by atoms with E-state index >= 15 is 0 Å². The van der Waals surface area contributed by atoms with Gasteiger partial charge in [-0.05, 0) is 67.0 Å². The Balaban J connectivity index is 1.31. The van der Waals surface area contributed by atoms with E-state index in [9.17, 15) is 9.59 Å². The Morgan fingerprint density at radius 2 is 1.82 bits per heavy atom. The monoisotopic (exact) mass is 463 g/mol. The zero-order valence-corrected chi connectivity index (χ0v) is 19.5. The van der Waals surface area contributed by atoms with Crippen molar-refractivity contribution >= 4 is 40.1 Å². The van der Waals surface area contributed by atoms with Gasteiger partial charge in [0.2, 0.25) is 0 Å². The van der Waals surface area contributed by atoms with Crippen LogP contribution in [0.15, 0.2) is 35.3 Å². The van der Waals surface area contributed by atoms with Gasteiger partial charge in [-0.2, -0.15) is 16.9 Å². The summed E-state index contributed by atoms with van der Waals surface area (Å²) in [5.74, 6) is 2.99. The van der Waals surface area contributed by atoms with E-state index in [4.69, 9.17) is 5.10 Å². The maximum Gasteiger partial charge on any atom is 0.261 e. The molecular formula is C25H29N5O2S. The van der Waals surface area contributed by atoms with Crippen molar-refractivity contribution in [2.45, 2.75) is 63.6 Å². The second-order valence-corrected chi connectivity index (χ2v) is 10.7. The molecule has 0 atom stereocenters. The predicted molar refractivity (Wildman–Crippen MR) is 132 cm³/mol. The van der Waals surface area contributed by atoms with Crippen LogP contribution in [0.25, 0.3) is 10.9 Å². The second kappa shape index (κ2) is 8.56. The number of nitrogens with one attached hydrogen (secondary N) is 2. The summed E-state index contributed by atoms with van der Waals surface area (Å²) in [6.45, 7) is 0.664. The first kappa shape index (κ1) is 20.8. The third-order valence-corrected chi connectivity index (χ3v) is 8.43. The van der Waals surface area contributed by atoms with Crippen molar-refractivity contribution in [3.05, 3.63) is 51.9 Å². The predicted octanol–water partition coefficient (Wildman–Crippen LogP) is 4.82. The van der Waals surface area contributed by atoms with Gasteiger partial charge in [0.1, 0.15) is 5.39 Å². The van der Waals surface area contributed by atoms with Crippen LogP contribution in [0.5, 0.6) is 0 Å². The van der Waals surface area contributed by atoms with Crippen LogP contribution in [0, 0.1) is 0 Å². The average molecular weight is 464 g/mol. The van der Waals surface area contributed by atoms with Crippen LogP contribution < -0.4 is 10.9 Å². The Morgan fingerprint density at radius 1 is 1.00 bits per heavy atom. The van der Waals surface area contributed by atoms with Gasteiger partial charge in [-0.25, -0.2) is 0 Å². The maximum absolute atomic E-state index is 13.0. The fourth-order valence-electron chi connectivity index (χ4n) is 5.64. The summed E-state index contributed by atoms with van der Waals surface area (Å²) in [5, 5.41) is 8.87. The highest BCUT2D eigenvalue weighted by Gasteiger charge is 2.33. The summed E-state index contributed by atoms with van der Waals surface area (Å²) in [5.41, 5.74) is 3.46. The van der Waals surface area contributed by atoms with Crippen LogP contribution in [-0.4, -0.2) is 43.1 Å². The number of benzene rings is 1. The zero-order valence-electron chi connectivity index (χ0n) is 18.7. The molecule has 1 aliphatic carbocycles. The zero-order chi connectivity index (χ0) is 22.4. The Hall–Kier alpha value is -2.74. The number of aromatic amines is 1. The van der Waals surface area contributed by atoms with Gasteiger partial charge in [-0.1, -0.05) is 19.3 Å². The smallest absolute Gasteiger partial charge is 0.261 e. The van der Waals surface area contributed by atoms with Gasteiger partial charge in [-0.15, -0.1) is 0 Å². The minimum Gasteiger partial charge on any atom is -0.338 e. The minimum absolute atomic E-state index is 0.130. The van der Waals surface area contributed by atoms with E-state index in [0.29, 0.717) is 29.8 Å². The van der Waals surface area contributed by atoms with E-state index in [-0.39, 0.29) is 11.5 Å². The van der Waals surface area contributed by atoms with Crippen LogP contribution in [0.3, 0.4) is 0 Å². The molecule has 4 heterocycles. The molecule has 0 bridgehead atoms. The third-order valence-electron chi connectivity index (χ3n) is 7.38. The lowest BCUT2D eigenvalue weighted by Crippen LogP contribution is -2.37. The summed E-state index contributed by atoms with van der Waals surface area (Å²) >= 11 is 1.98. The fourth-order valence-corrected chi connectivity index (χ4v) is 6.72. The lowest BCUT2D eigenvalue weighted by atomic mass is 9.95. The Morgan fingerprint density at radius 3 is 2.64 bits per heavy atom. The Bertz CT molecular complexity index is 1250. The van der Waals surface area contributed by atoms with Crippen molar-refractivity contribution < 1.29 is 4.79 Å². The molecular weight excluding hydrogens is 434 g/mol. The summed E-state index contributed by atoms with van der Waals surface area (Å²) in [7, 11) is 0. The maximum atomic E-state index is 13.0. The van der Waals surface area contributed by atoms with Crippen molar-refractivity contribution in [2.75, 3.05) is 16.8 Å². The molecule has 1 saturated carbocycles. The number of hydrogen-bond donors (Lipinski definition) is 2. The molecule has 2 fully saturated rings. The van der Waals surface area contributed by atoms with Crippen LogP contribution in [0.2, 0.25) is 0 Å². The molecule has 3 aliphatic rings. The van der Waals surface area contributed by atoms with Crippen LogP contribution in [0.1, 0.15) is 66.9 Å². The number of carbonyl (C=O) groups is 1. The number of carbonyl (C=O) groups excluding carboxylic acids is 1. The first-order chi connectivity index (χ1) is 16.2. The standard InChI is InChI=1S/C25H29N5O2S/c31-24-22-21(8-11-26-24)30(19-4-2-1-3-5-19)28-23(22)27-17-6-7-20-16(14-17)15-29(25(20)32)18-9-12-33-13-10-18/h6-8,11,14,18-19H,1-5,9-10,12-13,15H2,(H,26,31)(H,27,28). The first-order valence-corrected chi connectivity index (χ1v) is 13.2. The number of nitrogens with zero attached hydrogens (tertiary/aromatic N) is 3. The van der Waals surface area contributed by atoms with Crippen LogP contribution >= 0.6 is 11.8 Å². The number of fused-ring (bicyclic) bond motifs is 2. The van der Waals surface area contributed by atoms with Crippen molar-refractivity contribution in [2.24, 2.45) is 0 Å². The Labute approximate surface area is 196 Å². The van der Waals surface area contributed by atoms with Gasteiger partial charge in [0.25, 0.3) is 11.5 Å². The highest BCUT2D eigenvalue weighted by Crippen LogP contribution is 2.35. The molecule has 7 nitrogen and oxygen atoms in total. The van der Waals surface area contributed by atoms with Crippen LogP contribution in [-0.2, 0) is 6.54 Å². The van der Waals surface area contributed by atoms with Gasteiger partial charge in [-0.3, -0.25) is 14.3 Å². The van der Waals surface area contributed by atoms with E-state index in [0.717, 1.165) is 59.5 Å². The molecule has 2 aromatic heterocycles. The van der Waals surface area contributed by atoms with Gasteiger partial charge < -0.3 is 15.2 Å². The molecule has 2 N–H and O–H groups in total. The number of rotatable bonds is 4. The van der Waals surface area contributed by atoms with Gasteiger partial charge in [0.15, 0.2) is 5.82 Å². The van der Waals surface area contributed by atoms with Gasteiger partial charge in [0.05, 0.1) is 11.6 Å². The molecule has 0 unspecified atom stereocenters. The number of amides is 1. The summed E-state index contributed by atoms with van der Waals surface area (Å²) in [6, 6.07) is 8.52. The number of anilines is 2. The van der Waals surface area contributed by atoms with E-state index < -0.39 is 0 Å². The fraction of sp³-hybridized carbons (Fsp3) is 0.480. The topological polar surface area (TPSA) is 83.0 Å². The SMILES string of the molecule is O=C1c2ccc(Nc3nn(C4CCCCC4)c4cc[nH]c(=O)c34)cc2CN1C1CCSCC1. The van der Waals surface area contributed by atoms with Crippen molar-refractivity contribution in [1.82, 2.24) is 19.7 Å². The number of pyridine rings is 1. The molecule has 1 amide bonds. The third kappa shape index (κ3) is 3.74. The molecule has 33 heavy (non-hydrogen) atoms. The molecule has 8 heteroatoms. The summed E-state index contributed by atoms with van der Waals surface area (Å²) in [4.78, 5) is 30.6. The first-order valence-electron chi connectivity index (χ1n) is 12.1. The molecule has 172 valence electrons. The number of thioether (sulfide) groups is 1. The van der Waals surface area contributed by atoms with E-state index in [1.165, 1.54) is 19.3 Å². The highest BCUT2D eigenvalue weighted by molar-refractivity contribution is 7.99. The van der Waals surface area contributed by atoms with Crippen LogP contribution in [0.4, 0.5) is 11.5 Å². The highest BCUT2D eigenvalue weighted by atomic mass is 32.2. The summed E-state index contributed by atoms with van der Waals surface area (Å²) in [6.07, 6.45) is 9.71. The van der Waals surface area contributed by atoms with E-state index in [2.05, 4.69) is 10.3 Å². The molecule has 2 aliphatic heterocycles. The number of hydrogen-bond acceptors (Lipinski definition) is 5. The van der Waals surface area contributed by atoms with E-state index in [1.807, 2.05) is 45.6 Å². The molecule has 3 aromatic rings. The quantitative estimate of drug-likeness (QED) is 0.579. The molecule has 0 radical (unpaired) electrons. The lowest BCUT2D eigenvalue weighted by Gasteiger charge is -2.30. The Kier molecular flexibility index (Phi) is 5.40. The normalized spacial score (nSPS) is 19.9. The largest absolute Gasteiger partial charge is 0.338 e. The van der Waals surface area contributed by atoms with E-state index in [1.54, 1.807) is 6.20 Å². The molecule has 1 saturated heterocycles. The molecule has 0 spiro atoms. The van der Waals surface area contributed by atoms with Crippen molar-refractivity contribution in [1.29, 1.82) is 0 Å². The number of aromatic nitrogens is 3. The lowest BCUT2D eigenvalue weighted by molar-refractivity contribution is 0.0693. The van der Waals surface area contributed by atoms with Gasteiger partial charge >= 0.3 is 0 Å². The second-order valence-electron chi connectivity index (χ2n) is 9.43. The summed E-state index contributed by atoms with van der Waals surface area (Å²) < 4.78 is 2.05. The van der Waals surface area contributed by atoms with Gasteiger partial charge in [0, 0.05) is 30.0 Å². The number of H-pyrrole nitrogens is 1. The average Bonchev–Trinajstić information content (AvgIpc) is 3.39. The molecule has 6 rings (SSSR count).